The fraction of sp³-hybridized carbons (Fsp3) is 0.417. The topological polar surface area (TPSA) is 86.3 Å². The van der Waals surface area contributed by atoms with Crippen LogP contribution in [-0.4, -0.2) is 20.4 Å². The van der Waals surface area contributed by atoms with Crippen molar-refractivity contribution in [3.8, 4) is 0 Å². The van der Waals surface area contributed by atoms with Crippen LogP contribution < -0.4 is 9.83 Å². The summed E-state index contributed by atoms with van der Waals surface area (Å²) in [6.45, 7) is 3.45. The second-order valence-corrected chi connectivity index (χ2v) is 5.83. The monoisotopic (exact) mass is 270 g/mol. The zero-order chi connectivity index (χ0) is 13.8. The highest BCUT2D eigenvalue weighted by Gasteiger charge is 2.24. The van der Waals surface area contributed by atoms with Gasteiger partial charge in [-0.1, -0.05) is 38.5 Å². The second kappa shape index (κ2) is 5.97. The number of hydrogen-bond donors (Lipinski definition) is 1. The lowest BCUT2D eigenvalue weighted by atomic mass is 10.0. The minimum atomic E-state index is -3.83. The molecule has 0 aliphatic heterocycles. The van der Waals surface area contributed by atoms with E-state index < -0.39 is 22.0 Å². The predicted molar refractivity (Wildman–Crippen MR) is 65.0 cm³/mol. The summed E-state index contributed by atoms with van der Waals surface area (Å²) >= 11 is 0. The van der Waals surface area contributed by atoms with Gasteiger partial charge in [-0.25, -0.2) is 13.1 Å². The number of aliphatic carboxylic acids is 1. The Morgan fingerprint density at radius 1 is 1.33 bits per heavy atom. The van der Waals surface area contributed by atoms with Crippen LogP contribution in [0.15, 0.2) is 35.2 Å². The quantitative estimate of drug-likeness (QED) is 0.796. The molecular weight excluding hydrogens is 254 g/mol. The molecule has 1 N–H and O–H groups in total. The van der Waals surface area contributed by atoms with Crippen LogP contribution in [0.3, 0.4) is 0 Å². The Balaban J connectivity index is 2.97. The molecule has 2 atom stereocenters. The minimum absolute atomic E-state index is 0.0413. The van der Waals surface area contributed by atoms with Gasteiger partial charge in [-0.2, -0.15) is 0 Å². The largest absolute Gasteiger partial charge is 0.548 e. The summed E-state index contributed by atoms with van der Waals surface area (Å²) in [7, 11) is -3.83. The first-order valence-corrected chi connectivity index (χ1v) is 7.15. The molecule has 0 saturated heterocycles. The smallest absolute Gasteiger partial charge is 0.241 e. The molecule has 1 aromatic rings. The molecule has 0 bridgehead atoms. The fourth-order valence-electron chi connectivity index (χ4n) is 1.47. The molecule has 0 heterocycles. The van der Waals surface area contributed by atoms with E-state index >= 15 is 0 Å². The van der Waals surface area contributed by atoms with Crippen molar-refractivity contribution in [2.24, 2.45) is 5.92 Å². The number of carbonyl (C=O) groups excluding carboxylic acids is 1. The van der Waals surface area contributed by atoms with E-state index in [0.717, 1.165) is 0 Å². The number of hydrogen-bond acceptors (Lipinski definition) is 4. The second-order valence-electron chi connectivity index (χ2n) is 4.12. The van der Waals surface area contributed by atoms with E-state index in [4.69, 9.17) is 0 Å². The highest BCUT2D eigenvalue weighted by molar-refractivity contribution is 7.89. The van der Waals surface area contributed by atoms with Gasteiger partial charge in [0.25, 0.3) is 0 Å². The highest BCUT2D eigenvalue weighted by Crippen LogP contribution is 2.13. The first-order chi connectivity index (χ1) is 8.38. The molecule has 18 heavy (non-hydrogen) atoms. The third kappa shape index (κ3) is 3.54. The van der Waals surface area contributed by atoms with Gasteiger partial charge in [-0.05, 0) is 18.1 Å². The van der Waals surface area contributed by atoms with Crippen LogP contribution in [0.4, 0.5) is 0 Å². The summed E-state index contributed by atoms with van der Waals surface area (Å²) in [4.78, 5) is 11.0. The van der Waals surface area contributed by atoms with E-state index in [-0.39, 0.29) is 10.8 Å². The Bertz CT molecular complexity index is 498. The zero-order valence-corrected chi connectivity index (χ0v) is 11.1. The first kappa shape index (κ1) is 14.7. The molecule has 100 valence electrons. The maximum atomic E-state index is 12.0. The van der Waals surface area contributed by atoms with Gasteiger partial charge in [0.2, 0.25) is 10.0 Å². The Labute approximate surface area is 107 Å². The molecule has 0 radical (unpaired) electrons. The molecule has 1 aromatic carbocycles. The van der Waals surface area contributed by atoms with E-state index in [1.54, 1.807) is 32.0 Å². The zero-order valence-electron chi connectivity index (χ0n) is 10.3. The molecule has 0 unspecified atom stereocenters. The molecule has 0 aromatic heterocycles. The lowest BCUT2D eigenvalue weighted by Crippen LogP contribution is -2.51. The Morgan fingerprint density at radius 3 is 2.33 bits per heavy atom. The van der Waals surface area contributed by atoms with Crippen molar-refractivity contribution in [3.05, 3.63) is 30.3 Å². The van der Waals surface area contributed by atoms with Gasteiger partial charge in [-0.15, -0.1) is 0 Å². The number of benzene rings is 1. The lowest BCUT2D eigenvalue weighted by Gasteiger charge is -2.24. The number of carbonyl (C=O) groups is 1. The normalized spacial score (nSPS) is 15.0. The molecule has 0 aliphatic carbocycles. The molecule has 0 saturated carbocycles. The van der Waals surface area contributed by atoms with E-state index in [0.29, 0.717) is 6.42 Å². The van der Waals surface area contributed by atoms with Gasteiger partial charge in [-0.3, -0.25) is 0 Å². The Morgan fingerprint density at radius 2 is 1.89 bits per heavy atom. The van der Waals surface area contributed by atoms with Gasteiger partial charge in [0.1, 0.15) is 0 Å². The van der Waals surface area contributed by atoms with E-state index in [9.17, 15) is 18.3 Å². The fourth-order valence-corrected chi connectivity index (χ4v) is 2.78. The van der Waals surface area contributed by atoms with Crippen LogP contribution in [0.2, 0.25) is 0 Å². The minimum Gasteiger partial charge on any atom is -0.548 e. The highest BCUT2D eigenvalue weighted by atomic mass is 32.2. The average Bonchev–Trinajstić information content (AvgIpc) is 2.36. The molecule has 6 heteroatoms. The van der Waals surface area contributed by atoms with E-state index in [1.165, 1.54) is 12.1 Å². The van der Waals surface area contributed by atoms with Gasteiger partial charge in [0.05, 0.1) is 16.9 Å². The maximum absolute atomic E-state index is 12.0. The van der Waals surface area contributed by atoms with Crippen LogP contribution in [0.5, 0.6) is 0 Å². The number of sulfonamides is 1. The van der Waals surface area contributed by atoms with Crippen LogP contribution in [-0.2, 0) is 14.8 Å². The van der Waals surface area contributed by atoms with Crippen molar-refractivity contribution < 1.29 is 18.3 Å². The van der Waals surface area contributed by atoms with Crippen LogP contribution in [0.1, 0.15) is 20.3 Å². The molecule has 0 amide bonds. The Kier molecular flexibility index (Phi) is 4.86. The maximum Gasteiger partial charge on any atom is 0.241 e. The molecular formula is C12H16NO4S-. The molecule has 5 nitrogen and oxygen atoms in total. The van der Waals surface area contributed by atoms with E-state index in [1.807, 2.05) is 0 Å². The van der Waals surface area contributed by atoms with Gasteiger partial charge in [0.15, 0.2) is 0 Å². The number of nitrogens with one attached hydrogen (secondary N) is 1. The first-order valence-electron chi connectivity index (χ1n) is 5.66. The SMILES string of the molecule is CC[C@H](C)[C@@H](NS(=O)(=O)c1ccccc1)C(=O)[O-]. The summed E-state index contributed by atoms with van der Waals surface area (Å²) in [5.74, 6) is -1.75. The third-order valence-corrected chi connectivity index (χ3v) is 4.26. The van der Waals surface area contributed by atoms with Crippen LogP contribution >= 0.6 is 0 Å². The van der Waals surface area contributed by atoms with Crippen molar-refractivity contribution in [3.63, 3.8) is 0 Å². The van der Waals surface area contributed by atoms with Gasteiger partial charge >= 0.3 is 0 Å². The van der Waals surface area contributed by atoms with Gasteiger partial charge < -0.3 is 9.90 Å². The summed E-state index contributed by atoms with van der Waals surface area (Å²) in [6, 6.07) is 6.43. The van der Waals surface area contributed by atoms with Crippen molar-refractivity contribution in [1.82, 2.24) is 4.72 Å². The third-order valence-electron chi connectivity index (χ3n) is 2.80. The van der Waals surface area contributed by atoms with Crippen molar-refractivity contribution in [2.45, 2.75) is 31.2 Å². The number of carboxylic acids is 1. The summed E-state index contributed by atoms with van der Waals surface area (Å²) in [5.41, 5.74) is 0. The standard InChI is InChI=1S/C12H17NO4S/c1-3-9(2)11(12(14)15)13-18(16,17)10-7-5-4-6-8-10/h4-9,11,13H,3H2,1-2H3,(H,14,15)/p-1/t9-,11+/m0/s1. The van der Waals surface area contributed by atoms with Crippen molar-refractivity contribution in [1.29, 1.82) is 0 Å². The summed E-state index contributed by atoms with van der Waals surface area (Å²) in [6.07, 6.45) is 0.538. The molecule has 1 rings (SSSR count). The number of carboxylic acid groups (broad SMARTS) is 1. The predicted octanol–water partition coefficient (Wildman–Crippen LogP) is 0.130. The Hall–Kier alpha value is -1.40. The summed E-state index contributed by atoms with van der Waals surface area (Å²) in [5, 5.41) is 11.0. The summed E-state index contributed by atoms with van der Waals surface area (Å²) < 4.78 is 26.1. The van der Waals surface area contributed by atoms with Crippen LogP contribution in [0.25, 0.3) is 0 Å². The van der Waals surface area contributed by atoms with Crippen molar-refractivity contribution >= 4 is 16.0 Å². The van der Waals surface area contributed by atoms with E-state index in [2.05, 4.69) is 4.72 Å². The molecule has 0 spiro atoms. The lowest BCUT2D eigenvalue weighted by molar-refractivity contribution is -0.309. The van der Waals surface area contributed by atoms with Gasteiger partial charge in [0, 0.05) is 0 Å². The van der Waals surface area contributed by atoms with Crippen molar-refractivity contribution in [2.75, 3.05) is 0 Å². The average molecular weight is 270 g/mol. The number of rotatable bonds is 6. The van der Waals surface area contributed by atoms with Crippen LogP contribution in [0, 0.1) is 5.92 Å². The molecule has 0 aliphatic rings. The molecule has 0 fully saturated rings.